The first-order valence-corrected chi connectivity index (χ1v) is 7.99. The Morgan fingerprint density at radius 3 is 2.53 bits per heavy atom. The molecular formula is C11H19N3O4S. The summed E-state index contributed by atoms with van der Waals surface area (Å²) in [5, 5.41) is 3.79. The van der Waals surface area contributed by atoms with Gasteiger partial charge in [-0.25, -0.2) is 8.42 Å². The lowest BCUT2D eigenvalue weighted by Crippen LogP contribution is -2.28. The third-order valence-electron chi connectivity index (χ3n) is 2.49. The van der Waals surface area contributed by atoms with Gasteiger partial charge in [-0.05, 0) is 0 Å². The van der Waals surface area contributed by atoms with E-state index in [1.165, 1.54) is 4.90 Å². The molecule has 0 aliphatic carbocycles. The standard InChI is InChI=1S/C11H19N3O4S/c1-8(2)11-12-9(18-13-11)7-14(3)10(15)5-6-19(4,16)17/h8H,5-7H2,1-4H3. The molecule has 1 rings (SSSR count). The highest BCUT2D eigenvalue weighted by Crippen LogP contribution is 2.11. The van der Waals surface area contributed by atoms with E-state index in [-0.39, 0.29) is 30.5 Å². The van der Waals surface area contributed by atoms with Crippen molar-refractivity contribution in [1.29, 1.82) is 0 Å². The Labute approximate surface area is 112 Å². The van der Waals surface area contributed by atoms with Gasteiger partial charge in [0.2, 0.25) is 11.8 Å². The van der Waals surface area contributed by atoms with Gasteiger partial charge in [0.25, 0.3) is 0 Å². The molecular weight excluding hydrogens is 270 g/mol. The van der Waals surface area contributed by atoms with Crippen molar-refractivity contribution in [2.45, 2.75) is 32.7 Å². The molecule has 1 amide bonds. The number of nitrogens with zero attached hydrogens (tertiary/aromatic N) is 3. The van der Waals surface area contributed by atoms with E-state index in [1.54, 1.807) is 7.05 Å². The summed E-state index contributed by atoms with van der Waals surface area (Å²) in [5.74, 6) is 0.668. The summed E-state index contributed by atoms with van der Waals surface area (Å²) < 4.78 is 27.0. The molecule has 7 nitrogen and oxygen atoms in total. The van der Waals surface area contributed by atoms with Crippen LogP contribution in [0.25, 0.3) is 0 Å². The van der Waals surface area contributed by atoms with Crippen LogP contribution >= 0.6 is 0 Å². The van der Waals surface area contributed by atoms with Crippen LogP contribution in [0.4, 0.5) is 0 Å². The Morgan fingerprint density at radius 2 is 2.05 bits per heavy atom. The molecule has 0 atom stereocenters. The van der Waals surface area contributed by atoms with Gasteiger partial charge in [0.15, 0.2) is 5.82 Å². The molecule has 0 saturated carbocycles. The van der Waals surface area contributed by atoms with Crippen molar-refractivity contribution in [2.75, 3.05) is 19.1 Å². The quantitative estimate of drug-likeness (QED) is 0.760. The molecule has 1 aromatic rings. The third kappa shape index (κ3) is 5.37. The summed E-state index contributed by atoms with van der Waals surface area (Å²) >= 11 is 0. The lowest BCUT2D eigenvalue weighted by atomic mass is 10.2. The van der Waals surface area contributed by atoms with Crippen LogP contribution in [0.2, 0.25) is 0 Å². The van der Waals surface area contributed by atoms with E-state index < -0.39 is 9.84 Å². The highest BCUT2D eigenvalue weighted by atomic mass is 32.2. The summed E-state index contributed by atoms with van der Waals surface area (Å²) in [6.45, 7) is 4.06. The van der Waals surface area contributed by atoms with Gasteiger partial charge < -0.3 is 9.42 Å². The van der Waals surface area contributed by atoms with Gasteiger partial charge in [0.05, 0.1) is 12.3 Å². The SMILES string of the molecule is CC(C)c1noc(CN(C)C(=O)CCS(C)(=O)=O)n1. The summed E-state index contributed by atoms with van der Waals surface area (Å²) in [6.07, 6.45) is 1.06. The number of aromatic nitrogens is 2. The topological polar surface area (TPSA) is 93.4 Å². The third-order valence-corrected chi connectivity index (χ3v) is 3.43. The number of amides is 1. The Balaban J connectivity index is 2.53. The molecule has 0 unspecified atom stereocenters. The van der Waals surface area contributed by atoms with E-state index >= 15 is 0 Å². The summed E-state index contributed by atoms with van der Waals surface area (Å²) in [4.78, 5) is 17.2. The predicted octanol–water partition coefficient (Wildman–Crippen LogP) is 0.586. The second-order valence-electron chi connectivity index (χ2n) is 4.83. The molecule has 0 aromatic carbocycles. The maximum absolute atomic E-state index is 11.7. The van der Waals surface area contributed by atoms with Crippen molar-refractivity contribution in [2.24, 2.45) is 0 Å². The molecule has 1 heterocycles. The van der Waals surface area contributed by atoms with Gasteiger partial charge in [0.1, 0.15) is 9.84 Å². The summed E-state index contributed by atoms with van der Waals surface area (Å²) in [5.41, 5.74) is 0. The van der Waals surface area contributed by atoms with E-state index in [1.807, 2.05) is 13.8 Å². The summed E-state index contributed by atoms with van der Waals surface area (Å²) in [6, 6.07) is 0. The van der Waals surface area contributed by atoms with E-state index in [9.17, 15) is 13.2 Å². The first-order valence-electron chi connectivity index (χ1n) is 5.93. The zero-order valence-corrected chi connectivity index (χ0v) is 12.4. The van der Waals surface area contributed by atoms with Gasteiger partial charge in [0, 0.05) is 25.6 Å². The van der Waals surface area contributed by atoms with Crippen molar-refractivity contribution in [1.82, 2.24) is 15.0 Å². The Bertz CT molecular complexity index is 536. The average molecular weight is 289 g/mol. The fourth-order valence-corrected chi connectivity index (χ4v) is 1.87. The lowest BCUT2D eigenvalue weighted by Gasteiger charge is -2.14. The highest BCUT2D eigenvalue weighted by molar-refractivity contribution is 7.90. The minimum atomic E-state index is -3.13. The van der Waals surface area contributed by atoms with Crippen molar-refractivity contribution < 1.29 is 17.7 Å². The van der Waals surface area contributed by atoms with E-state index in [4.69, 9.17) is 4.52 Å². The van der Waals surface area contributed by atoms with Gasteiger partial charge in [-0.2, -0.15) is 4.98 Å². The number of rotatable bonds is 6. The Hall–Kier alpha value is -1.44. The number of carbonyl (C=O) groups is 1. The van der Waals surface area contributed by atoms with Crippen LogP contribution in [0.5, 0.6) is 0 Å². The fraction of sp³-hybridized carbons (Fsp3) is 0.727. The van der Waals surface area contributed by atoms with E-state index in [0.717, 1.165) is 6.26 Å². The van der Waals surface area contributed by atoms with Crippen LogP contribution in [-0.2, 0) is 21.2 Å². The second-order valence-corrected chi connectivity index (χ2v) is 7.09. The largest absolute Gasteiger partial charge is 0.337 e. The fourth-order valence-electron chi connectivity index (χ4n) is 1.32. The molecule has 0 radical (unpaired) electrons. The van der Waals surface area contributed by atoms with Crippen molar-refractivity contribution in [3.05, 3.63) is 11.7 Å². The zero-order valence-electron chi connectivity index (χ0n) is 11.6. The molecule has 0 aliphatic heterocycles. The molecule has 0 bridgehead atoms. The van der Waals surface area contributed by atoms with Crippen molar-refractivity contribution in [3.8, 4) is 0 Å². The number of carbonyl (C=O) groups excluding carboxylic acids is 1. The smallest absolute Gasteiger partial charge is 0.246 e. The molecule has 0 N–H and O–H groups in total. The predicted molar refractivity (Wildman–Crippen MR) is 69.2 cm³/mol. The second kappa shape index (κ2) is 6.14. The van der Waals surface area contributed by atoms with Crippen LogP contribution in [-0.4, -0.2) is 48.4 Å². The molecule has 0 saturated heterocycles. The summed E-state index contributed by atoms with van der Waals surface area (Å²) in [7, 11) is -1.56. The van der Waals surface area contributed by atoms with E-state index in [2.05, 4.69) is 10.1 Å². The highest BCUT2D eigenvalue weighted by Gasteiger charge is 2.16. The van der Waals surface area contributed by atoms with Crippen LogP contribution in [0, 0.1) is 0 Å². The maximum atomic E-state index is 11.7. The zero-order chi connectivity index (χ0) is 14.6. The minimum absolute atomic E-state index is 0.0412. The molecule has 0 aliphatic rings. The van der Waals surface area contributed by atoms with Gasteiger partial charge in [-0.3, -0.25) is 4.79 Å². The first-order chi connectivity index (χ1) is 8.69. The Kier molecular flexibility index (Phi) is 5.04. The first kappa shape index (κ1) is 15.6. The number of hydrogen-bond donors (Lipinski definition) is 0. The van der Waals surface area contributed by atoms with Crippen LogP contribution in [0.1, 0.15) is 37.9 Å². The number of sulfone groups is 1. The molecule has 108 valence electrons. The van der Waals surface area contributed by atoms with Gasteiger partial charge in [-0.15, -0.1) is 0 Å². The molecule has 0 fully saturated rings. The van der Waals surface area contributed by atoms with Crippen LogP contribution in [0.3, 0.4) is 0 Å². The number of hydrogen-bond acceptors (Lipinski definition) is 6. The molecule has 19 heavy (non-hydrogen) atoms. The normalized spacial score (nSPS) is 11.8. The van der Waals surface area contributed by atoms with E-state index in [0.29, 0.717) is 11.7 Å². The monoisotopic (exact) mass is 289 g/mol. The van der Waals surface area contributed by atoms with Crippen molar-refractivity contribution >= 4 is 15.7 Å². The lowest BCUT2D eigenvalue weighted by molar-refractivity contribution is -0.130. The average Bonchev–Trinajstić information content (AvgIpc) is 2.73. The van der Waals surface area contributed by atoms with Gasteiger partial charge >= 0.3 is 0 Å². The molecule has 0 spiro atoms. The van der Waals surface area contributed by atoms with Crippen molar-refractivity contribution in [3.63, 3.8) is 0 Å². The van der Waals surface area contributed by atoms with Crippen LogP contribution in [0.15, 0.2) is 4.52 Å². The molecule has 1 aromatic heterocycles. The minimum Gasteiger partial charge on any atom is -0.337 e. The van der Waals surface area contributed by atoms with Crippen LogP contribution < -0.4 is 0 Å². The molecule has 8 heteroatoms. The van der Waals surface area contributed by atoms with Gasteiger partial charge in [-0.1, -0.05) is 19.0 Å². The maximum Gasteiger partial charge on any atom is 0.246 e. The Morgan fingerprint density at radius 1 is 1.42 bits per heavy atom.